The summed E-state index contributed by atoms with van der Waals surface area (Å²) in [6, 6.07) is 11.2. The largest absolute Gasteiger partial charge is 0.397 e. The van der Waals surface area contributed by atoms with E-state index in [1.54, 1.807) is 24.3 Å². The Morgan fingerprint density at radius 2 is 1.90 bits per heavy atom. The lowest BCUT2D eigenvalue weighted by Gasteiger charge is -2.12. The fraction of sp³-hybridized carbons (Fsp3) is 0.0714. The molecule has 0 amide bonds. The minimum atomic E-state index is -3.32. The standard InChI is InChI=1S/C14H12ClN3O2S/c1-21(19,20)11-4-5-13(12(17)7-11)18-14-6-10(15)3-2-9(14)8-16/h2-7,18H,17H2,1H3. The SMILES string of the molecule is CS(=O)(=O)c1ccc(Nc2cc(Cl)ccc2C#N)c(N)c1. The first-order valence-corrected chi connectivity index (χ1v) is 8.14. The van der Waals surface area contributed by atoms with Crippen LogP contribution in [-0.4, -0.2) is 14.7 Å². The maximum absolute atomic E-state index is 11.5. The molecule has 0 saturated carbocycles. The van der Waals surface area contributed by atoms with E-state index in [-0.39, 0.29) is 10.6 Å². The van der Waals surface area contributed by atoms with E-state index in [0.29, 0.717) is 22.0 Å². The second-order valence-corrected chi connectivity index (χ2v) is 6.90. The Morgan fingerprint density at radius 1 is 1.19 bits per heavy atom. The predicted octanol–water partition coefficient (Wildman–Crippen LogP) is 2.94. The van der Waals surface area contributed by atoms with Crippen LogP contribution in [-0.2, 0) is 9.84 Å². The highest BCUT2D eigenvalue weighted by molar-refractivity contribution is 7.90. The molecule has 0 bridgehead atoms. The molecule has 3 N–H and O–H groups in total. The number of hydrogen-bond donors (Lipinski definition) is 2. The Labute approximate surface area is 127 Å². The van der Waals surface area contributed by atoms with Gasteiger partial charge < -0.3 is 11.1 Å². The number of hydrogen-bond acceptors (Lipinski definition) is 5. The van der Waals surface area contributed by atoms with Crippen LogP contribution < -0.4 is 11.1 Å². The van der Waals surface area contributed by atoms with Crippen LogP contribution in [0.4, 0.5) is 17.1 Å². The van der Waals surface area contributed by atoms with Gasteiger partial charge in [-0.05, 0) is 36.4 Å². The summed E-state index contributed by atoms with van der Waals surface area (Å²) in [7, 11) is -3.32. The number of anilines is 3. The van der Waals surface area contributed by atoms with Gasteiger partial charge >= 0.3 is 0 Å². The first-order chi connectivity index (χ1) is 9.81. The van der Waals surface area contributed by atoms with E-state index in [4.69, 9.17) is 22.6 Å². The third-order valence-electron chi connectivity index (χ3n) is 2.82. The third-order valence-corrected chi connectivity index (χ3v) is 4.17. The molecule has 2 aromatic rings. The van der Waals surface area contributed by atoms with Crippen molar-refractivity contribution >= 4 is 38.5 Å². The molecule has 0 spiro atoms. The molecule has 0 aliphatic heterocycles. The number of halogens is 1. The van der Waals surface area contributed by atoms with Crippen LogP contribution in [0.3, 0.4) is 0 Å². The van der Waals surface area contributed by atoms with Crippen molar-refractivity contribution in [2.24, 2.45) is 0 Å². The van der Waals surface area contributed by atoms with Crippen LogP contribution >= 0.6 is 11.6 Å². The summed E-state index contributed by atoms with van der Waals surface area (Å²) in [4.78, 5) is 0.136. The highest BCUT2D eigenvalue weighted by Gasteiger charge is 2.11. The first-order valence-electron chi connectivity index (χ1n) is 5.87. The monoisotopic (exact) mass is 321 g/mol. The van der Waals surface area contributed by atoms with Crippen molar-refractivity contribution < 1.29 is 8.42 Å². The van der Waals surface area contributed by atoms with E-state index in [0.717, 1.165) is 6.26 Å². The molecule has 0 radical (unpaired) electrons. The number of nitrogens with zero attached hydrogens (tertiary/aromatic N) is 1. The Hall–Kier alpha value is -2.23. The molecule has 0 aliphatic carbocycles. The summed E-state index contributed by atoms with van der Waals surface area (Å²) < 4.78 is 22.9. The van der Waals surface area contributed by atoms with Crippen molar-refractivity contribution in [3.8, 4) is 6.07 Å². The number of rotatable bonds is 3. The molecule has 0 heterocycles. The Kier molecular flexibility index (Phi) is 4.07. The van der Waals surface area contributed by atoms with Crippen LogP contribution in [0.5, 0.6) is 0 Å². The lowest BCUT2D eigenvalue weighted by molar-refractivity contribution is 0.602. The smallest absolute Gasteiger partial charge is 0.175 e. The normalized spacial score (nSPS) is 10.9. The highest BCUT2D eigenvalue weighted by Crippen LogP contribution is 2.29. The average Bonchev–Trinajstić information content (AvgIpc) is 2.40. The van der Waals surface area contributed by atoms with E-state index >= 15 is 0 Å². The Morgan fingerprint density at radius 3 is 2.48 bits per heavy atom. The first kappa shape index (κ1) is 15.2. The van der Waals surface area contributed by atoms with Crippen molar-refractivity contribution in [3.05, 3.63) is 47.0 Å². The van der Waals surface area contributed by atoms with Gasteiger partial charge in [-0.2, -0.15) is 5.26 Å². The zero-order valence-electron chi connectivity index (χ0n) is 11.1. The van der Waals surface area contributed by atoms with Gasteiger partial charge in [-0.25, -0.2) is 8.42 Å². The van der Waals surface area contributed by atoms with Crippen molar-refractivity contribution in [1.82, 2.24) is 0 Å². The summed E-state index contributed by atoms with van der Waals surface area (Å²) in [5, 5.41) is 12.5. The van der Waals surface area contributed by atoms with Gasteiger partial charge in [0.15, 0.2) is 9.84 Å². The highest BCUT2D eigenvalue weighted by atomic mass is 35.5. The van der Waals surface area contributed by atoms with Gasteiger partial charge in [-0.15, -0.1) is 0 Å². The molecular weight excluding hydrogens is 310 g/mol. The summed E-state index contributed by atoms with van der Waals surface area (Å²) in [5.41, 5.74) is 7.53. The maximum atomic E-state index is 11.5. The summed E-state index contributed by atoms with van der Waals surface area (Å²) >= 11 is 5.90. The van der Waals surface area contributed by atoms with Gasteiger partial charge in [0.05, 0.1) is 27.5 Å². The van der Waals surface area contributed by atoms with Crippen LogP contribution in [0.2, 0.25) is 5.02 Å². The van der Waals surface area contributed by atoms with Crippen LogP contribution in [0.1, 0.15) is 5.56 Å². The molecule has 5 nitrogen and oxygen atoms in total. The second kappa shape index (κ2) is 5.64. The van der Waals surface area contributed by atoms with E-state index in [9.17, 15) is 8.42 Å². The van der Waals surface area contributed by atoms with Gasteiger partial charge in [0.1, 0.15) is 6.07 Å². The zero-order chi connectivity index (χ0) is 15.6. The number of sulfone groups is 1. The third kappa shape index (κ3) is 3.45. The Bertz CT molecular complexity index is 842. The Balaban J connectivity index is 2.42. The summed E-state index contributed by atoms with van der Waals surface area (Å²) in [6.07, 6.45) is 1.11. The average molecular weight is 322 g/mol. The van der Waals surface area contributed by atoms with Crippen molar-refractivity contribution in [3.63, 3.8) is 0 Å². The molecule has 0 aliphatic rings. The minimum Gasteiger partial charge on any atom is -0.397 e. The molecule has 2 aromatic carbocycles. The van der Waals surface area contributed by atoms with Gasteiger partial charge in [0.2, 0.25) is 0 Å². The molecule has 2 rings (SSSR count). The lowest BCUT2D eigenvalue weighted by Crippen LogP contribution is -2.02. The predicted molar refractivity (Wildman–Crippen MR) is 83.4 cm³/mol. The van der Waals surface area contributed by atoms with Crippen LogP contribution in [0.15, 0.2) is 41.3 Å². The van der Waals surface area contributed by atoms with E-state index < -0.39 is 9.84 Å². The minimum absolute atomic E-state index is 0.136. The molecule has 0 aromatic heterocycles. The number of nitriles is 1. The molecule has 7 heteroatoms. The molecule has 0 saturated heterocycles. The van der Waals surface area contributed by atoms with Crippen molar-refractivity contribution in [2.45, 2.75) is 4.90 Å². The molecule has 0 atom stereocenters. The topological polar surface area (TPSA) is 96.0 Å². The summed E-state index contributed by atoms with van der Waals surface area (Å²) in [6.45, 7) is 0. The van der Waals surface area contributed by atoms with Crippen molar-refractivity contribution in [1.29, 1.82) is 5.26 Å². The van der Waals surface area contributed by atoms with Crippen molar-refractivity contribution in [2.75, 3.05) is 17.3 Å². The van der Waals surface area contributed by atoms with Gasteiger partial charge in [0, 0.05) is 11.3 Å². The van der Waals surface area contributed by atoms with Gasteiger partial charge in [-0.1, -0.05) is 11.6 Å². The van der Waals surface area contributed by atoms with Gasteiger partial charge in [-0.3, -0.25) is 0 Å². The van der Waals surface area contributed by atoms with Crippen LogP contribution in [0.25, 0.3) is 0 Å². The fourth-order valence-electron chi connectivity index (χ4n) is 1.75. The molecule has 0 fully saturated rings. The second-order valence-electron chi connectivity index (χ2n) is 4.45. The lowest BCUT2D eigenvalue weighted by atomic mass is 10.2. The number of nitrogen functional groups attached to an aromatic ring is 1. The molecule has 0 unspecified atom stereocenters. The molecule has 108 valence electrons. The maximum Gasteiger partial charge on any atom is 0.175 e. The molecule has 21 heavy (non-hydrogen) atoms. The number of nitrogens with one attached hydrogen (secondary N) is 1. The number of nitrogens with two attached hydrogens (primary N) is 1. The number of benzene rings is 2. The van der Waals surface area contributed by atoms with Gasteiger partial charge in [0.25, 0.3) is 0 Å². The summed E-state index contributed by atoms with van der Waals surface area (Å²) in [5.74, 6) is 0. The quantitative estimate of drug-likeness (QED) is 0.847. The van der Waals surface area contributed by atoms with E-state index in [2.05, 4.69) is 5.32 Å². The zero-order valence-corrected chi connectivity index (χ0v) is 12.7. The molecular formula is C14H12ClN3O2S. The van der Waals surface area contributed by atoms with Crippen LogP contribution in [0, 0.1) is 11.3 Å². The fourth-order valence-corrected chi connectivity index (χ4v) is 2.58. The van der Waals surface area contributed by atoms with E-state index in [1.165, 1.54) is 12.1 Å². The van der Waals surface area contributed by atoms with E-state index in [1.807, 2.05) is 6.07 Å².